The van der Waals surface area contributed by atoms with Crippen molar-refractivity contribution in [2.75, 3.05) is 39.8 Å². The zero-order chi connectivity index (χ0) is 19.9. The molecule has 0 radical (unpaired) electrons. The van der Waals surface area contributed by atoms with E-state index in [-0.39, 0.29) is 27.8 Å². The fraction of sp³-hybridized carbons (Fsp3) is 0.381. The maximum Gasteiger partial charge on any atom is 0.258 e. The monoisotopic (exact) mass is 419 g/mol. The smallest absolute Gasteiger partial charge is 0.258 e. The van der Waals surface area contributed by atoms with Crippen LogP contribution in [0.3, 0.4) is 0 Å². The predicted molar refractivity (Wildman–Crippen MR) is 111 cm³/mol. The van der Waals surface area contributed by atoms with E-state index in [1.54, 1.807) is 0 Å². The maximum absolute atomic E-state index is 13.3. The quantitative estimate of drug-likeness (QED) is 0.828. The van der Waals surface area contributed by atoms with Crippen LogP contribution in [0, 0.1) is 0 Å². The number of likely N-dealkylation sites (N-methyl/N-ethyl adjacent to an activating group) is 1. The van der Waals surface area contributed by atoms with Gasteiger partial charge in [0, 0.05) is 44.3 Å². The Hall–Kier alpha value is -1.79. The molecular weight excluding hydrogens is 397 g/mol. The summed E-state index contributed by atoms with van der Waals surface area (Å²) in [7, 11) is 2.05. The number of carbonyl (C=O) groups excluding carboxylic acids is 1. The maximum atomic E-state index is 13.3. The summed E-state index contributed by atoms with van der Waals surface area (Å²) in [5.74, 6) is -0.417. The molecule has 2 aromatic carbocycles. The number of halogens is 2. The van der Waals surface area contributed by atoms with Crippen LogP contribution in [0.5, 0.6) is 5.75 Å². The molecule has 2 saturated heterocycles. The first-order valence-electron chi connectivity index (χ1n) is 9.33. The third kappa shape index (κ3) is 3.60. The Balaban J connectivity index is 1.57. The van der Waals surface area contributed by atoms with Gasteiger partial charge in [-0.2, -0.15) is 0 Å². The van der Waals surface area contributed by atoms with E-state index in [4.69, 9.17) is 23.2 Å². The molecule has 2 heterocycles. The molecule has 2 fully saturated rings. The second kappa shape index (κ2) is 7.56. The lowest BCUT2D eigenvalue weighted by Gasteiger charge is -2.59. The highest BCUT2D eigenvalue weighted by atomic mass is 35.5. The van der Waals surface area contributed by atoms with E-state index in [0.29, 0.717) is 11.6 Å². The minimum Gasteiger partial charge on any atom is -0.506 e. The molecule has 7 heteroatoms. The second-order valence-electron chi connectivity index (χ2n) is 7.83. The van der Waals surface area contributed by atoms with Crippen LogP contribution in [0.15, 0.2) is 42.5 Å². The Kier molecular flexibility index (Phi) is 5.27. The van der Waals surface area contributed by atoms with Crippen LogP contribution in [-0.4, -0.2) is 71.0 Å². The minimum atomic E-state index is -0.264. The van der Waals surface area contributed by atoms with Crippen LogP contribution in [0.1, 0.15) is 15.9 Å². The number of phenolic OH excluding ortho intramolecular Hbond substituents is 1. The van der Waals surface area contributed by atoms with Gasteiger partial charge in [0.1, 0.15) is 5.75 Å². The fourth-order valence-corrected chi connectivity index (χ4v) is 4.95. The number of rotatable bonds is 3. The third-order valence-electron chi connectivity index (χ3n) is 5.61. The molecule has 0 aromatic heterocycles. The Bertz CT molecular complexity index is 885. The number of aromatic hydroxyl groups is 1. The molecule has 0 aliphatic carbocycles. The van der Waals surface area contributed by atoms with Gasteiger partial charge in [0.25, 0.3) is 5.91 Å². The Morgan fingerprint density at radius 2 is 1.82 bits per heavy atom. The molecule has 4 rings (SSSR count). The first kappa shape index (κ1) is 19.5. The SMILES string of the molecule is CN1CC2(C1)CN(Cc1ccccc1)CCN2C(=O)c1cc(Cl)cc(Cl)c1O. The zero-order valence-electron chi connectivity index (χ0n) is 15.7. The number of phenols is 1. The van der Waals surface area contributed by atoms with Crippen molar-refractivity contribution in [2.24, 2.45) is 0 Å². The number of hydrogen-bond acceptors (Lipinski definition) is 4. The molecular formula is C21H23Cl2N3O2. The van der Waals surface area contributed by atoms with Gasteiger partial charge in [0.15, 0.2) is 0 Å². The van der Waals surface area contributed by atoms with Crippen molar-refractivity contribution < 1.29 is 9.90 Å². The van der Waals surface area contributed by atoms with Crippen LogP contribution in [0.25, 0.3) is 0 Å². The molecule has 0 unspecified atom stereocenters. The van der Waals surface area contributed by atoms with Gasteiger partial charge in [0.2, 0.25) is 0 Å². The predicted octanol–water partition coefficient (Wildman–Crippen LogP) is 3.34. The second-order valence-corrected chi connectivity index (χ2v) is 8.68. The van der Waals surface area contributed by atoms with Gasteiger partial charge in [-0.15, -0.1) is 0 Å². The van der Waals surface area contributed by atoms with Crippen molar-refractivity contribution in [1.82, 2.24) is 14.7 Å². The van der Waals surface area contributed by atoms with Crippen molar-refractivity contribution >= 4 is 29.1 Å². The summed E-state index contributed by atoms with van der Waals surface area (Å²) in [6.07, 6.45) is 0. The average molecular weight is 420 g/mol. The summed E-state index contributed by atoms with van der Waals surface area (Å²) < 4.78 is 0. The number of piperazine rings is 1. The fourth-order valence-electron chi connectivity index (χ4n) is 4.46. The molecule has 1 spiro atoms. The highest BCUT2D eigenvalue weighted by Crippen LogP contribution is 2.37. The Labute approximate surface area is 175 Å². The Morgan fingerprint density at radius 3 is 2.50 bits per heavy atom. The van der Waals surface area contributed by atoms with E-state index < -0.39 is 0 Å². The van der Waals surface area contributed by atoms with Crippen LogP contribution in [0.2, 0.25) is 10.0 Å². The average Bonchev–Trinajstić information content (AvgIpc) is 2.64. The summed E-state index contributed by atoms with van der Waals surface area (Å²) in [6, 6.07) is 13.3. The number of nitrogens with zero attached hydrogens (tertiary/aromatic N) is 3. The molecule has 148 valence electrons. The van der Waals surface area contributed by atoms with Gasteiger partial charge in [-0.05, 0) is 24.7 Å². The van der Waals surface area contributed by atoms with Crippen molar-refractivity contribution in [3.05, 3.63) is 63.6 Å². The van der Waals surface area contributed by atoms with Gasteiger partial charge in [-0.25, -0.2) is 0 Å². The highest BCUT2D eigenvalue weighted by Gasteiger charge is 2.51. The van der Waals surface area contributed by atoms with Crippen molar-refractivity contribution in [3.8, 4) is 5.75 Å². The van der Waals surface area contributed by atoms with Crippen molar-refractivity contribution in [3.63, 3.8) is 0 Å². The lowest BCUT2D eigenvalue weighted by Crippen LogP contribution is -2.77. The van der Waals surface area contributed by atoms with Gasteiger partial charge >= 0.3 is 0 Å². The summed E-state index contributed by atoms with van der Waals surface area (Å²) in [6.45, 7) is 4.65. The number of benzene rings is 2. The molecule has 1 amide bonds. The number of hydrogen-bond donors (Lipinski definition) is 1. The summed E-state index contributed by atoms with van der Waals surface area (Å²) in [4.78, 5) is 19.8. The summed E-state index contributed by atoms with van der Waals surface area (Å²) in [5.41, 5.74) is 1.17. The normalized spacial score (nSPS) is 19.6. The first-order valence-corrected chi connectivity index (χ1v) is 10.1. The molecule has 2 aliphatic heterocycles. The lowest BCUT2D eigenvalue weighted by atomic mass is 9.84. The Morgan fingerprint density at radius 1 is 1.11 bits per heavy atom. The molecule has 2 aliphatic rings. The summed E-state index contributed by atoms with van der Waals surface area (Å²) >= 11 is 12.1. The standard InChI is InChI=1S/C21H23Cl2N3O2/c1-24-12-21(13-24)14-25(11-15-5-3-2-4-6-15)7-8-26(21)20(28)17-9-16(22)10-18(23)19(17)27/h2-6,9-10,27H,7-8,11-14H2,1H3. The zero-order valence-corrected chi connectivity index (χ0v) is 17.2. The van der Waals surface area contributed by atoms with E-state index in [1.807, 2.05) is 23.1 Å². The lowest BCUT2D eigenvalue weighted by molar-refractivity contribution is -0.0751. The van der Waals surface area contributed by atoms with E-state index in [1.165, 1.54) is 17.7 Å². The van der Waals surface area contributed by atoms with Gasteiger partial charge in [-0.1, -0.05) is 53.5 Å². The van der Waals surface area contributed by atoms with Crippen LogP contribution < -0.4 is 0 Å². The largest absolute Gasteiger partial charge is 0.506 e. The van der Waals surface area contributed by atoms with Crippen LogP contribution in [0.4, 0.5) is 0 Å². The van der Waals surface area contributed by atoms with Gasteiger partial charge in [-0.3, -0.25) is 9.69 Å². The van der Waals surface area contributed by atoms with E-state index in [0.717, 1.165) is 32.7 Å². The highest BCUT2D eigenvalue weighted by molar-refractivity contribution is 6.36. The number of carbonyl (C=O) groups is 1. The molecule has 0 atom stereocenters. The van der Waals surface area contributed by atoms with E-state index in [9.17, 15) is 9.90 Å². The summed E-state index contributed by atoms with van der Waals surface area (Å²) in [5, 5.41) is 10.8. The van der Waals surface area contributed by atoms with E-state index in [2.05, 4.69) is 29.0 Å². The minimum absolute atomic E-state index is 0.0957. The van der Waals surface area contributed by atoms with Gasteiger partial charge < -0.3 is 14.9 Å². The topological polar surface area (TPSA) is 47.0 Å². The van der Waals surface area contributed by atoms with Gasteiger partial charge in [0.05, 0.1) is 16.1 Å². The van der Waals surface area contributed by atoms with Crippen molar-refractivity contribution in [2.45, 2.75) is 12.1 Å². The first-order chi connectivity index (χ1) is 13.4. The molecule has 0 bridgehead atoms. The number of amides is 1. The van der Waals surface area contributed by atoms with E-state index >= 15 is 0 Å². The van der Waals surface area contributed by atoms with Crippen LogP contribution >= 0.6 is 23.2 Å². The third-order valence-corrected chi connectivity index (χ3v) is 6.12. The number of likely N-dealkylation sites (tertiary alicyclic amines) is 1. The molecule has 28 heavy (non-hydrogen) atoms. The molecule has 5 nitrogen and oxygen atoms in total. The molecule has 2 aromatic rings. The van der Waals surface area contributed by atoms with Crippen LogP contribution in [-0.2, 0) is 6.54 Å². The van der Waals surface area contributed by atoms with Crippen molar-refractivity contribution in [1.29, 1.82) is 0 Å². The molecule has 1 N–H and O–H groups in total. The molecule has 0 saturated carbocycles.